The summed E-state index contributed by atoms with van der Waals surface area (Å²) in [7, 11) is 3.04. The zero-order valence-electron chi connectivity index (χ0n) is 76.4. The van der Waals surface area contributed by atoms with E-state index >= 15 is 28.8 Å². The Balaban J connectivity index is 1.23. The summed E-state index contributed by atoms with van der Waals surface area (Å²) in [6, 6.07) is 7.09. The fraction of sp³-hybridized carbons (Fsp3) is 0.473. The molecule has 135 heavy (non-hydrogen) atoms. The Hall–Kier alpha value is -13.6. The minimum atomic E-state index is -2.11. The van der Waals surface area contributed by atoms with Crippen LogP contribution in [0.1, 0.15) is 140 Å². The van der Waals surface area contributed by atoms with Crippen molar-refractivity contribution in [1.82, 2.24) is 84.0 Å². The summed E-state index contributed by atoms with van der Waals surface area (Å²) in [5, 5.41) is 56.3. The lowest BCUT2D eigenvalue weighted by atomic mass is 9.87. The van der Waals surface area contributed by atoms with Crippen molar-refractivity contribution in [3.63, 3.8) is 0 Å². The number of ketones is 1. The summed E-state index contributed by atoms with van der Waals surface area (Å²) >= 11 is 0. The van der Waals surface area contributed by atoms with Crippen LogP contribution in [-0.2, 0) is 122 Å². The van der Waals surface area contributed by atoms with E-state index in [9.17, 15) is 72.5 Å². The summed E-state index contributed by atoms with van der Waals surface area (Å²) in [5.41, 5.74) is 18.0. The van der Waals surface area contributed by atoms with Crippen LogP contribution in [0.4, 0.5) is 0 Å². The van der Waals surface area contributed by atoms with E-state index in [4.69, 9.17) is 26.7 Å². The maximum atomic E-state index is 16.4. The highest BCUT2D eigenvalue weighted by molar-refractivity contribution is 8.77. The van der Waals surface area contributed by atoms with Crippen molar-refractivity contribution in [1.29, 1.82) is 0 Å². The number of aromatic nitrogens is 2. The number of Topliss-reactive ketones (excluding diaryl/α,β-unsaturated/α-hetero) is 1. The van der Waals surface area contributed by atoms with Gasteiger partial charge in [-0.05, 0) is 124 Å². The number of fused-ring (bicyclic) bond motifs is 2. The van der Waals surface area contributed by atoms with E-state index in [2.05, 4.69) is 79.1 Å². The number of carboxylic acids is 2. The molecule has 11 atom stereocenters. The summed E-state index contributed by atoms with van der Waals surface area (Å²) in [5.74, 6) is -20.1. The smallest absolute Gasteiger partial charge is 0.305 e. The number of para-hydroxylation sites is 1. The molecule has 0 aliphatic carbocycles. The van der Waals surface area contributed by atoms with Crippen molar-refractivity contribution >= 4 is 155 Å². The van der Waals surface area contributed by atoms with Crippen molar-refractivity contribution in [2.75, 3.05) is 46.5 Å². The number of aryl methyl sites for hydroxylation is 1. The van der Waals surface area contributed by atoms with Crippen LogP contribution in [0.3, 0.4) is 0 Å². The van der Waals surface area contributed by atoms with Gasteiger partial charge in [-0.2, -0.15) is 0 Å². The number of carbonyl (C=O) groups is 19. The Morgan fingerprint density at radius 2 is 1.19 bits per heavy atom. The molecular formula is C91H119N19O23S2. The van der Waals surface area contributed by atoms with Crippen LogP contribution in [0.25, 0.3) is 21.7 Å². The van der Waals surface area contributed by atoms with Crippen molar-refractivity contribution in [3.05, 3.63) is 143 Å². The van der Waals surface area contributed by atoms with Gasteiger partial charge in [0.15, 0.2) is 0 Å². The number of hydrogen-bond donors (Lipinski definition) is 19. The van der Waals surface area contributed by atoms with Crippen LogP contribution in [0.5, 0.6) is 5.75 Å². The summed E-state index contributed by atoms with van der Waals surface area (Å²) in [4.78, 5) is 279. The number of H-pyrrole nitrogens is 1. The fourth-order valence-corrected chi connectivity index (χ4v) is 18.1. The Labute approximate surface area is 785 Å². The van der Waals surface area contributed by atoms with Gasteiger partial charge in [-0.1, -0.05) is 100 Å². The van der Waals surface area contributed by atoms with Gasteiger partial charge < -0.3 is 116 Å². The number of amides is 16. The first kappa shape index (κ1) is 107. The lowest BCUT2D eigenvalue weighted by molar-refractivity contribution is -0.142. The number of pyridine rings is 1. The highest BCUT2D eigenvalue weighted by Gasteiger charge is 2.49. The number of aliphatic carboxylic acids is 2. The van der Waals surface area contributed by atoms with Gasteiger partial charge in [0.25, 0.3) is 0 Å². The van der Waals surface area contributed by atoms with Crippen LogP contribution in [-0.4, -0.2) is 265 Å². The second-order valence-electron chi connectivity index (χ2n) is 34.3. The SMILES string of the molecule is CC(=O)CN(C)C(=O)[C@H](Cc1cccnc1)NC(=O)[C@H](CC(N)=O)NC(=O)[C@H](CCC(=O)O)NC(=O)C1(NC(=O)[C@H](Cc2ccc3ccccc3c2)NC(=O)[C@H](Cc2ccc(OCCN)cc2)NC(=O)[C@H]2NC(=O)[C@H](CCCCNC(C)=O)NC(=O)[C@H](Cc3c[nH]c4c(C)cccc34)NC(=O)[C@H](CC(=O)O)NC(=O)[C@H](CC(N)=O)NC(=O)[C@@H](NC(C)=O)C(C)(C)SSC2(C)C)CCOCC1. The van der Waals surface area contributed by atoms with E-state index in [0.29, 0.717) is 44.3 Å². The van der Waals surface area contributed by atoms with Crippen molar-refractivity contribution in [2.24, 2.45) is 17.2 Å². The minimum Gasteiger partial charge on any atom is -0.492 e. The van der Waals surface area contributed by atoms with E-state index in [1.54, 1.807) is 104 Å². The summed E-state index contributed by atoms with van der Waals surface area (Å²) < 4.78 is 8.20. The van der Waals surface area contributed by atoms with E-state index in [-0.39, 0.29) is 84.4 Å². The molecule has 2 saturated heterocycles. The second-order valence-corrected chi connectivity index (χ2v) is 37.8. The lowest BCUT2D eigenvalue weighted by Crippen LogP contribution is -2.67. The number of carboxylic acid groups (broad SMARTS) is 2. The highest BCUT2D eigenvalue weighted by Crippen LogP contribution is 2.47. The Bertz CT molecular complexity index is 5340. The van der Waals surface area contributed by atoms with E-state index < -0.39 is 239 Å². The number of ether oxygens (including phenoxy) is 2. The predicted octanol–water partition coefficient (Wildman–Crippen LogP) is -0.953. The van der Waals surface area contributed by atoms with Gasteiger partial charge in [0.2, 0.25) is 94.5 Å². The number of nitrogens with one attached hydrogen (secondary N) is 14. The van der Waals surface area contributed by atoms with Gasteiger partial charge in [0, 0.05) is 131 Å². The number of nitrogens with zero attached hydrogens (tertiary/aromatic N) is 2. The van der Waals surface area contributed by atoms with Crippen molar-refractivity contribution in [3.8, 4) is 5.75 Å². The molecule has 44 heteroatoms. The maximum absolute atomic E-state index is 16.4. The van der Waals surface area contributed by atoms with E-state index in [1.807, 2.05) is 6.07 Å². The molecule has 0 radical (unpaired) electrons. The summed E-state index contributed by atoms with van der Waals surface area (Å²) in [6.07, 6.45) is -2.19. The second kappa shape index (κ2) is 49.9. The molecule has 2 fully saturated rings. The molecule has 2 aliphatic heterocycles. The quantitative estimate of drug-likeness (QED) is 0.0162. The van der Waals surface area contributed by atoms with Gasteiger partial charge in [0.1, 0.15) is 90.1 Å². The Kier molecular flexibility index (Phi) is 39.5. The molecule has 0 spiro atoms. The third-order valence-corrected chi connectivity index (χ3v) is 26.6. The first-order valence-electron chi connectivity index (χ1n) is 43.8. The predicted molar refractivity (Wildman–Crippen MR) is 496 cm³/mol. The molecule has 0 saturated carbocycles. The Morgan fingerprint density at radius 3 is 1.83 bits per heavy atom. The molecule has 0 bridgehead atoms. The molecular weight excluding hydrogens is 1790 g/mol. The Morgan fingerprint density at radius 1 is 0.600 bits per heavy atom. The van der Waals surface area contributed by atoms with Crippen LogP contribution >= 0.6 is 21.6 Å². The van der Waals surface area contributed by atoms with Crippen molar-refractivity contribution < 1.29 is 111 Å². The van der Waals surface area contributed by atoms with Crippen molar-refractivity contribution in [2.45, 2.75) is 227 Å². The molecule has 6 aromatic rings. The lowest BCUT2D eigenvalue weighted by Gasteiger charge is -2.39. The summed E-state index contributed by atoms with van der Waals surface area (Å²) in [6.45, 7) is 10.8. The fourth-order valence-electron chi connectivity index (χ4n) is 15.3. The van der Waals surface area contributed by atoms with E-state index in [0.717, 1.165) is 44.4 Å². The van der Waals surface area contributed by atoms with Gasteiger partial charge in [-0.25, -0.2) is 0 Å². The molecule has 16 amide bonds. The number of carbonyl (C=O) groups excluding carboxylic acids is 17. The molecule has 2 aromatic heterocycles. The number of primary amides is 2. The number of unbranched alkanes of at least 4 members (excludes halogenated alkanes) is 1. The number of likely N-dealkylation sites (N-methyl/N-ethyl adjacent to an activating group) is 1. The number of nitrogens with two attached hydrogens (primary N) is 3. The molecule has 0 unspecified atom stereocenters. The third-order valence-electron chi connectivity index (χ3n) is 22.4. The van der Waals surface area contributed by atoms with Gasteiger partial charge >= 0.3 is 11.9 Å². The minimum absolute atomic E-state index is 0.0615. The molecule has 22 N–H and O–H groups in total. The van der Waals surface area contributed by atoms with Crippen LogP contribution in [0.2, 0.25) is 0 Å². The average molecular weight is 1910 g/mol. The zero-order chi connectivity index (χ0) is 99.2. The standard InChI is InChI=1S/C91H119N19O23S2/c1-49-16-14-20-60-58(47-97-74(49)60)42-65-80(123)99-61(21-12-13-34-96-51(3)112)78(121)108-76(90(7,8)135-134-89(5,6)75(98-52(4)113)85(128)105-67(44-71(94)115)81(124)103-68(45-73(118)119)83(126)101-65)86(129)104-63(39-53-23-26-59(27-24-53)133-37-32-92)79(122)100-64(40-54-22-25-56-18-10-11-19-57(56)38-54)84(127)109-91(30-35-132-36-31-91)88(131)107-62(28-29-72(116)117)77(120)102-66(43-70(93)114)82(125)106-69(41-55-17-15-33-95-46-55)87(130)110(9)48-50(2)111/h10-11,14-20,22-27,33,38,46-47,61-69,75-76,97H,12-13,21,28-32,34-37,39-45,48,92H2,1-9H3,(H2,93,114)(H2,94,115)(H,96,112)(H,98,113)(H,99,123)(H,100,122)(H,101,126)(H,102,120)(H,103,124)(H,104,129)(H,105,128)(H,106,125)(H,107,131)(H,108,121)(H,109,127)(H,116,117)(H,118,119)/t61-,62-,63-,64-,65-,66-,67-,68-,69-,75+,76+/m0/s1. The van der Waals surface area contributed by atoms with Gasteiger partial charge in [-0.15, -0.1) is 0 Å². The van der Waals surface area contributed by atoms with Crippen LogP contribution in [0.15, 0.2) is 116 Å². The van der Waals surface area contributed by atoms with Crippen LogP contribution < -0.4 is 91.1 Å². The van der Waals surface area contributed by atoms with E-state index in [1.165, 1.54) is 61.0 Å². The first-order chi connectivity index (χ1) is 63.8. The molecule has 4 heterocycles. The number of rotatable bonds is 41. The zero-order valence-corrected chi connectivity index (χ0v) is 78.0. The number of benzene rings is 4. The normalized spacial score (nSPS) is 19.2. The number of hydrogen-bond acceptors (Lipinski definition) is 25. The molecule has 42 nitrogen and oxygen atoms in total. The average Bonchev–Trinajstić information content (AvgIpc) is 1.79. The topological polar surface area (TPSA) is 650 Å². The number of aromatic amines is 1. The molecule has 4 aromatic carbocycles. The van der Waals surface area contributed by atoms with Gasteiger partial charge in [-0.3, -0.25) is 96.1 Å². The first-order valence-corrected chi connectivity index (χ1v) is 45.9. The molecule has 8 rings (SSSR count). The van der Waals surface area contributed by atoms with Gasteiger partial charge in [0.05, 0.1) is 25.8 Å². The largest absolute Gasteiger partial charge is 0.492 e. The highest BCUT2D eigenvalue weighted by atomic mass is 33.1. The molecule has 2 aliphatic rings. The third kappa shape index (κ3) is 32.3. The maximum Gasteiger partial charge on any atom is 0.305 e. The monoisotopic (exact) mass is 1910 g/mol. The molecule has 728 valence electrons. The van der Waals surface area contributed by atoms with Crippen LogP contribution in [0, 0.1) is 6.92 Å².